The van der Waals surface area contributed by atoms with E-state index >= 15 is 0 Å². The van der Waals surface area contributed by atoms with Crippen LogP contribution in [0.15, 0.2) is 47.3 Å². The fourth-order valence-corrected chi connectivity index (χ4v) is 2.54. The van der Waals surface area contributed by atoms with Crippen molar-refractivity contribution in [1.29, 1.82) is 0 Å². The van der Waals surface area contributed by atoms with Gasteiger partial charge in [0.2, 0.25) is 5.91 Å². The first kappa shape index (κ1) is 17.5. The number of anilines is 1. The van der Waals surface area contributed by atoms with Crippen LogP contribution in [0.1, 0.15) is 30.1 Å². The van der Waals surface area contributed by atoms with Crippen LogP contribution in [0.25, 0.3) is 11.0 Å². The van der Waals surface area contributed by atoms with Gasteiger partial charge in [0.15, 0.2) is 5.78 Å². The van der Waals surface area contributed by atoms with Gasteiger partial charge < -0.3 is 20.0 Å². The van der Waals surface area contributed by atoms with E-state index in [1.165, 1.54) is 6.92 Å². The van der Waals surface area contributed by atoms with E-state index in [9.17, 15) is 14.4 Å². The van der Waals surface area contributed by atoms with E-state index in [-0.39, 0.29) is 17.4 Å². The quantitative estimate of drug-likeness (QED) is 0.449. The van der Waals surface area contributed by atoms with Gasteiger partial charge in [-0.25, -0.2) is 4.79 Å². The van der Waals surface area contributed by atoms with Gasteiger partial charge in [0, 0.05) is 17.7 Å². The largest absolute Gasteiger partial charge is 0.494 e. The van der Waals surface area contributed by atoms with Crippen LogP contribution in [-0.2, 0) is 4.79 Å². The van der Waals surface area contributed by atoms with Gasteiger partial charge in [-0.05, 0) is 55.8 Å². The molecule has 0 unspecified atom stereocenters. The first-order valence-corrected chi connectivity index (χ1v) is 8.27. The summed E-state index contributed by atoms with van der Waals surface area (Å²) in [6.07, 6.45) is 0.872. The molecule has 0 saturated carbocycles. The lowest BCUT2D eigenvalue weighted by atomic mass is 10.1. The molecular formula is C19H19N3O4. The standard InChI is InChI=1S/C19H19N3O4/c1-12(23)13-4-7-15(8-5-13)26-10-2-3-18(24)20-14-6-9-16-17(11-14)22-19(25)21-16/h4-9,11H,2-3,10H2,1H3,(H,20,24)(H2,21,22,25). The number of carbonyl (C=O) groups excluding carboxylic acids is 2. The first-order chi connectivity index (χ1) is 12.5. The number of fused-ring (bicyclic) bond motifs is 1. The molecule has 7 heteroatoms. The van der Waals surface area contributed by atoms with Gasteiger partial charge in [-0.15, -0.1) is 0 Å². The number of H-pyrrole nitrogens is 2. The van der Waals surface area contributed by atoms with Gasteiger partial charge >= 0.3 is 5.69 Å². The smallest absolute Gasteiger partial charge is 0.323 e. The van der Waals surface area contributed by atoms with E-state index in [4.69, 9.17) is 4.74 Å². The number of benzene rings is 2. The summed E-state index contributed by atoms with van der Waals surface area (Å²) in [7, 11) is 0. The second-order valence-electron chi connectivity index (χ2n) is 5.92. The third-order valence-corrected chi connectivity index (χ3v) is 3.88. The van der Waals surface area contributed by atoms with Crippen LogP contribution in [0.3, 0.4) is 0 Å². The van der Waals surface area contributed by atoms with Crippen LogP contribution < -0.4 is 15.7 Å². The van der Waals surface area contributed by atoms with Crippen molar-refractivity contribution in [1.82, 2.24) is 9.97 Å². The second-order valence-corrected chi connectivity index (χ2v) is 5.92. The van der Waals surface area contributed by atoms with Crippen LogP contribution >= 0.6 is 0 Å². The SMILES string of the molecule is CC(=O)c1ccc(OCCCC(=O)Nc2ccc3[nH]c(=O)[nH]c3c2)cc1. The Morgan fingerprint density at radius 3 is 2.50 bits per heavy atom. The van der Waals surface area contributed by atoms with Crippen LogP contribution in [0.5, 0.6) is 5.75 Å². The fourth-order valence-electron chi connectivity index (χ4n) is 2.54. The summed E-state index contributed by atoms with van der Waals surface area (Å²) in [4.78, 5) is 39.7. The summed E-state index contributed by atoms with van der Waals surface area (Å²) in [5, 5.41) is 2.79. The highest BCUT2D eigenvalue weighted by molar-refractivity contribution is 5.94. The number of ketones is 1. The molecule has 7 nitrogen and oxygen atoms in total. The Kier molecular flexibility index (Phi) is 5.17. The minimum Gasteiger partial charge on any atom is -0.494 e. The van der Waals surface area contributed by atoms with Crippen LogP contribution in [0.4, 0.5) is 5.69 Å². The molecule has 1 aromatic heterocycles. The first-order valence-electron chi connectivity index (χ1n) is 8.27. The Bertz CT molecular complexity index is 986. The molecule has 0 fully saturated rings. The molecule has 0 aliphatic heterocycles. The Balaban J connectivity index is 1.44. The monoisotopic (exact) mass is 353 g/mol. The number of nitrogens with one attached hydrogen (secondary N) is 3. The maximum absolute atomic E-state index is 12.0. The number of hydrogen-bond donors (Lipinski definition) is 3. The molecule has 134 valence electrons. The van der Waals surface area contributed by atoms with E-state index in [1.54, 1.807) is 42.5 Å². The lowest BCUT2D eigenvalue weighted by molar-refractivity contribution is -0.116. The molecule has 0 saturated heterocycles. The van der Waals surface area contributed by atoms with Crippen molar-refractivity contribution >= 4 is 28.4 Å². The predicted molar refractivity (Wildman–Crippen MR) is 98.7 cm³/mol. The molecule has 3 N–H and O–H groups in total. The summed E-state index contributed by atoms with van der Waals surface area (Å²) < 4.78 is 5.57. The Labute approximate surface area is 149 Å². The summed E-state index contributed by atoms with van der Waals surface area (Å²) in [6.45, 7) is 1.91. The maximum Gasteiger partial charge on any atom is 0.323 e. The number of carbonyl (C=O) groups is 2. The van der Waals surface area contributed by atoms with E-state index in [0.717, 1.165) is 0 Å². The average molecular weight is 353 g/mol. The van der Waals surface area contributed by atoms with Gasteiger partial charge in [-0.2, -0.15) is 0 Å². The molecule has 0 spiro atoms. The highest BCUT2D eigenvalue weighted by Gasteiger charge is 2.05. The zero-order valence-electron chi connectivity index (χ0n) is 14.3. The van der Waals surface area contributed by atoms with Crippen molar-refractivity contribution in [3.8, 4) is 5.75 Å². The molecule has 3 aromatic rings. The number of Topliss-reactive ketones (excluding diaryl/α,β-unsaturated/α-hetero) is 1. The molecule has 1 heterocycles. The topological polar surface area (TPSA) is 104 Å². The number of rotatable bonds is 7. The zero-order valence-corrected chi connectivity index (χ0v) is 14.3. The van der Waals surface area contributed by atoms with Crippen molar-refractivity contribution in [3.05, 3.63) is 58.5 Å². The highest BCUT2D eigenvalue weighted by Crippen LogP contribution is 2.15. The van der Waals surface area contributed by atoms with E-state index in [2.05, 4.69) is 15.3 Å². The summed E-state index contributed by atoms with van der Waals surface area (Å²) in [5.74, 6) is 0.546. The lowest BCUT2D eigenvalue weighted by Gasteiger charge is -2.07. The zero-order chi connectivity index (χ0) is 18.5. The van der Waals surface area contributed by atoms with Crippen LogP contribution in [0.2, 0.25) is 0 Å². The number of ether oxygens (including phenoxy) is 1. The van der Waals surface area contributed by atoms with E-state index < -0.39 is 0 Å². The molecular weight excluding hydrogens is 334 g/mol. The van der Waals surface area contributed by atoms with Gasteiger partial charge in [-0.3, -0.25) is 9.59 Å². The molecule has 2 aromatic carbocycles. The number of aromatic nitrogens is 2. The third-order valence-electron chi connectivity index (χ3n) is 3.88. The summed E-state index contributed by atoms with van der Waals surface area (Å²) in [6, 6.07) is 12.1. The fraction of sp³-hybridized carbons (Fsp3) is 0.211. The predicted octanol–water partition coefficient (Wildman–Crippen LogP) is 2.86. The molecule has 0 aliphatic rings. The molecule has 3 rings (SSSR count). The van der Waals surface area contributed by atoms with Crippen LogP contribution in [-0.4, -0.2) is 28.3 Å². The normalized spacial score (nSPS) is 10.7. The Hall–Kier alpha value is -3.35. The number of amides is 1. The summed E-state index contributed by atoms with van der Waals surface area (Å²) in [5.41, 5.74) is 2.32. The molecule has 1 amide bonds. The molecule has 0 atom stereocenters. The van der Waals surface area contributed by atoms with Crippen molar-refractivity contribution in [3.63, 3.8) is 0 Å². The summed E-state index contributed by atoms with van der Waals surface area (Å²) >= 11 is 0. The minimum atomic E-state index is -0.281. The van der Waals surface area contributed by atoms with E-state index in [0.29, 0.717) is 47.5 Å². The maximum atomic E-state index is 12.0. The third kappa shape index (κ3) is 4.38. The number of aromatic amines is 2. The molecule has 26 heavy (non-hydrogen) atoms. The van der Waals surface area contributed by atoms with Gasteiger partial charge in [-0.1, -0.05) is 0 Å². The lowest BCUT2D eigenvalue weighted by Crippen LogP contribution is -2.12. The Morgan fingerprint density at radius 2 is 1.77 bits per heavy atom. The minimum absolute atomic E-state index is 0.00937. The molecule has 0 bridgehead atoms. The van der Waals surface area contributed by atoms with Gasteiger partial charge in [0.1, 0.15) is 5.75 Å². The average Bonchev–Trinajstić information content (AvgIpc) is 2.98. The number of hydrogen-bond acceptors (Lipinski definition) is 4. The van der Waals surface area contributed by atoms with Crippen molar-refractivity contribution in [2.45, 2.75) is 19.8 Å². The number of imidazole rings is 1. The second kappa shape index (κ2) is 7.69. The van der Waals surface area contributed by atoms with E-state index in [1.807, 2.05) is 0 Å². The van der Waals surface area contributed by atoms with Crippen molar-refractivity contribution in [2.75, 3.05) is 11.9 Å². The van der Waals surface area contributed by atoms with Crippen molar-refractivity contribution < 1.29 is 14.3 Å². The molecule has 0 radical (unpaired) electrons. The highest BCUT2D eigenvalue weighted by atomic mass is 16.5. The van der Waals surface area contributed by atoms with Crippen LogP contribution in [0, 0.1) is 0 Å². The molecule has 0 aliphatic carbocycles. The Morgan fingerprint density at radius 1 is 1.04 bits per heavy atom. The van der Waals surface area contributed by atoms with Gasteiger partial charge in [0.05, 0.1) is 17.6 Å². The van der Waals surface area contributed by atoms with Crippen molar-refractivity contribution in [2.24, 2.45) is 0 Å². The van der Waals surface area contributed by atoms with Gasteiger partial charge in [0.25, 0.3) is 0 Å².